The summed E-state index contributed by atoms with van der Waals surface area (Å²) in [5, 5.41) is 9.81. The standard InChI is InChI=1S/C11H10O5/c1-14-11(13)9-5-4-8(16-9)10(12)7-3-2-6-15-7/h2-6,10,12H,1H3. The molecular weight excluding hydrogens is 212 g/mol. The molecule has 5 nitrogen and oxygen atoms in total. The summed E-state index contributed by atoms with van der Waals surface area (Å²) in [4.78, 5) is 11.1. The molecule has 1 N–H and O–H groups in total. The smallest absolute Gasteiger partial charge is 0.373 e. The zero-order chi connectivity index (χ0) is 11.5. The van der Waals surface area contributed by atoms with E-state index in [2.05, 4.69) is 4.74 Å². The van der Waals surface area contributed by atoms with Crippen LogP contribution in [0, 0.1) is 0 Å². The Labute approximate surface area is 91.2 Å². The molecule has 5 heteroatoms. The van der Waals surface area contributed by atoms with Crippen LogP contribution in [0.15, 0.2) is 39.4 Å². The van der Waals surface area contributed by atoms with Crippen molar-refractivity contribution in [2.45, 2.75) is 6.10 Å². The molecule has 0 spiro atoms. The maximum atomic E-state index is 11.1. The molecule has 84 valence electrons. The lowest BCUT2D eigenvalue weighted by atomic mass is 10.2. The summed E-state index contributed by atoms with van der Waals surface area (Å²) in [6.07, 6.45) is 0.427. The monoisotopic (exact) mass is 222 g/mol. The molecule has 0 amide bonds. The lowest BCUT2D eigenvalue weighted by Crippen LogP contribution is -1.99. The Morgan fingerprint density at radius 2 is 2.19 bits per heavy atom. The van der Waals surface area contributed by atoms with Crippen LogP contribution in [-0.2, 0) is 4.74 Å². The lowest BCUT2D eigenvalue weighted by molar-refractivity contribution is 0.0556. The van der Waals surface area contributed by atoms with Crippen LogP contribution in [-0.4, -0.2) is 18.2 Å². The summed E-state index contributed by atoms with van der Waals surface area (Å²) in [6.45, 7) is 0. The SMILES string of the molecule is COC(=O)c1ccc(C(O)c2ccco2)o1. The van der Waals surface area contributed by atoms with E-state index in [9.17, 15) is 9.90 Å². The summed E-state index contributed by atoms with van der Waals surface area (Å²) in [6, 6.07) is 6.21. The summed E-state index contributed by atoms with van der Waals surface area (Å²) in [5.41, 5.74) is 0. The third kappa shape index (κ3) is 1.85. The fourth-order valence-corrected chi connectivity index (χ4v) is 1.30. The number of hydrogen-bond acceptors (Lipinski definition) is 5. The Hall–Kier alpha value is -2.01. The number of aliphatic hydroxyl groups excluding tert-OH is 1. The molecule has 2 rings (SSSR count). The first-order chi connectivity index (χ1) is 7.72. The maximum absolute atomic E-state index is 11.1. The van der Waals surface area contributed by atoms with Crippen LogP contribution in [0.5, 0.6) is 0 Å². The summed E-state index contributed by atoms with van der Waals surface area (Å²) >= 11 is 0. The van der Waals surface area contributed by atoms with Crippen molar-refractivity contribution in [2.24, 2.45) is 0 Å². The highest BCUT2D eigenvalue weighted by Gasteiger charge is 2.19. The van der Waals surface area contributed by atoms with Gasteiger partial charge in [0.25, 0.3) is 0 Å². The van der Waals surface area contributed by atoms with Crippen molar-refractivity contribution in [3.05, 3.63) is 47.8 Å². The van der Waals surface area contributed by atoms with Gasteiger partial charge in [-0.1, -0.05) is 0 Å². The molecule has 0 fully saturated rings. The van der Waals surface area contributed by atoms with Gasteiger partial charge < -0.3 is 18.7 Å². The number of ether oxygens (including phenoxy) is 1. The summed E-state index contributed by atoms with van der Waals surface area (Å²) in [7, 11) is 1.26. The van der Waals surface area contributed by atoms with Gasteiger partial charge in [-0.15, -0.1) is 0 Å². The number of furan rings is 2. The highest BCUT2D eigenvalue weighted by atomic mass is 16.5. The first kappa shape index (κ1) is 10.5. The van der Waals surface area contributed by atoms with Gasteiger partial charge in [0.2, 0.25) is 5.76 Å². The highest BCUT2D eigenvalue weighted by molar-refractivity contribution is 5.86. The van der Waals surface area contributed by atoms with Crippen LogP contribution in [0.2, 0.25) is 0 Å². The van der Waals surface area contributed by atoms with Crippen LogP contribution in [0.4, 0.5) is 0 Å². The number of methoxy groups -OCH3 is 1. The Bertz CT molecular complexity index is 468. The van der Waals surface area contributed by atoms with E-state index in [4.69, 9.17) is 8.83 Å². The van der Waals surface area contributed by atoms with Gasteiger partial charge in [-0.2, -0.15) is 0 Å². The summed E-state index contributed by atoms with van der Waals surface area (Å²) in [5.74, 6) is 0.0436. The second kappa shape index (κ2) is 4.24. The van der Waals surface area contributed by atoms with Crippen LogP contribution < -0.4 is 0 Å². The average molecular weight is 222 g/mol. The predicted molar refractivity (Wildman–Crippen MR) is 52.8 cm³/mol. The number of carbonyl (C=O) groups is 1. The minimum atomic E-state index is -1.02. The largest absolute Gasteiger partial charge is 0.466 e. The zero-order valence-electron chi connectivity index (χ0n) is 8.54. The molecule has 2 aromatic rings. The van der Waals surface area contributed by atoms with Gasteiger partial charge in [0.15, 0.2) is 6.10 Å². The van der Waals surface area contributed by atoms with E-state index in [0.717, 1.165) is 0 Å². The average Bonchev–Trinajstić information content (AvgIpc) is 2.97. The molecule has 0 saturated heterocycles. The normalized spacial score (nSPS) is 12.4. The van der Waals surface area contributed by atoms with Gasteiger partial charge >= 0.3 is 5.97 Å². The molecule has 0 aliphatic rings. The Morgan fingerprint density at radius 1 is 1.38 bits per heavy atom. The fourth-order valence-electron chi connectivity index (χ4n) is 1.30. The molecule has 0 radical (unpaired) electrons. The lowest BCUT2D eigenvalue weighted by Gasteiger charge is -2.03. The van der Waals surface area contributed by atoms with E-state index in [-0.39, 0.29) is 11.5 Å². The third-order valence-corrected chi connectivity index (χ3v) is 2.10. The predicted octanol–water partition coefficient (Wildman–Crippen LogP) is 1.74. The van der Waals surface area contributed by atoms with Crippen molar-refractivity contribution in [2.75, 3.05) is 7.11 Å². The Kier molecular flexibility index (Phi) is 2.78. The first-order valence-electron chi connectivity index (χ1n) is 4.62. The van der Waals surface area contributed by atoms with E-state index in [1.807, 2.05) is 0 Å². The van der Waals surface area contributed by atoms with Crippen molar-refractivity contribution >= 4 is 5.97 Å². The molecule has 0 aliphatic carbocycles. The molecular formula is C11H10O5. The topological polar surface area (TPSA) is 72.8 Å². The van der Waals surface area contributed by atoms with Crippen LogP contribution in [0.3, 0.4) is 0 Å². The van der Waals surface area contributed by atoms with Crippen molar-refractivity contribution in [1.29, 1.82) is 0 Å². The van der Waals surface area contributed by atoms with Gasteiger partial charge in [0, 0.05) is 0 Å². The van der Waals surface area contributed by atoms with Crippen molar-refractivity contribution in [3.8, 4) is 0 Å². The molecule has 0 aliphatic heterocycles. The molecule has 2 aromatic heterocycles. The first-order valence-corrected chi connectivity index (χ1v) is 4.62. The van der Waals surface area contributed by atoms with E-state index in [0.29, 0.717) is 5.76 Å². The number of rotatable bonds is 3. The quantitative estimate of drug-likeness (QED) is 0.801. The van der Waals surface area contributed by atoms with Gasteiger partial charge in [0.1, 0.15) is 11.5 Å². The van der Waals surface area contributed by atoms with Crippen LogP contribution >= 0.6 is 0 Å². The van der Waals surface area contributed by atoms with Crippen LogP contribution in [0.1, 0.15) is 28.2 Å². The maximum Gasteiger partial charge on any atom is 0.373 e. The van der Waals surface area contributed by atoms with Gasteiger partial charge in [-0.25, -0.2) is 4.79 Å². The number of aliphatic hydroxyl groups is 1. The van der Waals surface area contributed by atoms with Gasteiger partial charge in [-0.05, 0) is 24.3 Å². The molecule has 1 unspecified atom stereocenters. The molecule has 0 aromatic carbocycles. The second-order valence-electron chi connectivity index (χ2n) is 3.11. The number of carbonyl (C=O) groups excluding carboxylic acids is 1. The Morgan fingerprint density at radius 3 is 2.81 bits per heavy atom. The van der Waals surface area contributed by atoms with Crippen molar-refractivity contribution < 1.29 is 23.5 Å². The number of hydrogen-bond donors (Lipinski definition) is 1. The minimum absolute atomic E-state index is 0.0445. The van der Waals surface area contributed by atoms with E-state index in [1.165, 1.54) is 25.5 Å². The van der Waals surface area contributed by atoms with Gasteiger partial charge in [-0.3, -0.25) is 0 Å². The van der Waals surface area contributed by atoms with Crippen molar-refractivity contribution in [1.82, 2.24) is 0 Å². The van der Waals surface area contributed by atoms with E-state index < -0.39 is 12.1 Å². The molecule has 0 saturated carbocycles. The molecule has 1 atom stereocenters. The van der Waals surface area contributed by atoms with Crippen molar-refractivity contribution in [3.63, 3.8) is 0 Å². The molecule has 0 bridgehead atoms. The van der Waals surface area contributed by atoms with E-state index >= 15 is 0 Å². The van der Waals surface area contributed by atoms with E-state index in [1.54, 1.807) is 12.1 Å². The zero-order valence-corrected chi connectivity index (χ0v) is 8.54. The molecule has 2 heterocycles. The fraction of sp³-hybridized carbons (Fsp3) is 0.182. The highest BCUT2D eigenvalue weighted by Crippen LogP contribution is 2.24. The minimum Gasteiger partial charge on any atom is -0.466 e. The molecule has 16 heavy (non-hydrogen) atoms. The Balaban J connectivity index is 2.22. The third-order valence-electron chi connectivity index (χ3n) is 2.10. The van der Waals surface area contributed by atoms with Gasteiger partial charge in [0.05, 0.1) is 13.4 Å². The second-order valence-corrected chi connectivity index (χ2v) is 3.11. The number of esters is 1. The van der Waals surface area contributed by atoms with Crippen LogP contribution in [0.25, 0.3) is 0 Å². The summed E-state index contributed by atoms with van der Waals surface area (Å²) < 4.78 is 14.6.